The molecular weight excluding hydrogens is 231 g/mol. The maximum Gasteiger partial charge on any atom is 0.360 e. The zero-order valence-corrected chi connectivity index (χ0v) is 10.1. The fraction of sp³-hybridized carbons (Fsp3) is 0.400. The first kappa shape index (κ1) is 13.0. The summed E-state index contributed by atoms with van der Waals surface area (Å²) in [5, 5.41) is -0.139. The van der Waals surface area contributed by atoms with Gasteiger partial charge in [-0.3, -0.25) is 4.57 Å². The molecule has 0 saturated heterocycles. The monoisotopic (exact) mass is 246 g/mol. The molecule has 16 heavy (non-hydrogen) atoms. The number of rotatable bonds is 5. The third-order valence-electron chi connectivity index (χ3n) is 1.86. The van der Waals surface area contributed by atoms with Gasteiger partial charge >= 0.3 is 7.60 Å². The Morgan fingerprint density at radius 3 is 2.31 bits per heavy atom. The van der Waals surface area contributed by atoms with E-state index in [-0.39, 0.29) is 11.1 Å². The van der Waals surface area contributed by atoms with Crippen molar-refractivity contribution in [3.8, 4) is 11.5 Å². The van der Waals surface area contributed by atoms with E-state index in [1.165, 1.54) is 12.1 Å². The third-order valence-corrected chi connectivity index (χ3v) is 2.84. The molecule has 0 fully saturated rings. The zero-order valence-electron chi connectivity index (χ0n) is 9.21. The van der Waals surface area contributed by atoms with Crippen molar-refractivity contribution in [1.82, 2.24) is 0 Å². The normalized spacial score (nSPS) is 11.2. The Morgan fingerprint density at radius 2 is 1.81 bits per heavy atom. The lowest BCUT2D eigenvalue weighted by molar-refractivity contribution is 0.288. The smallest absolute Gasteiger partial charge is 0.360 e. The van der Waals surface area contributed by atoms with Gasteiger partial charge in [-0.15, -0.1) is 0 Å². The maximum absolute atomic E-state index is 11.2. The molecule has 0 aliphatic rings. The maximum atomic E-state index is 11.2. The van der Waals surface area contributed by atoms with E-state index in [2.05, 4.69) is 0 Å². The zero-order chi connectivity index (χ0) is 12.2. The van der Waals surface area contributed by atoms with Gasteiger partial charge in [-0.25, -0.2) is 0 Å². The minimum Gasteiger partial charge on any atom is -0.490 e. The van der Waals surface area contributed by atoms with E-state index in [0.29, 0.717) is 19.0 Å². The van der Waals surface area contributed by atoms with Crippen LogP contribution >= 0.6 is 7.60 Å². The van der Waals surface area contributed by atoms with Gasteiger partial charge in [-0.05, 0) is 26.0 Å². The third kappa shape index (κ3) is 2.98. The largest absolute Gasteiger partial charge is 0.490 e. The van der Waals surface area contributed by atoms with Gasteiger partial charge in [0.2, 0.25) is 0 Å². The van der Waals surface area contributed by atoms with E-state index in [1.807, 2.05) is 0 Å². The van der Waals surface area contributed by atoms with Gasteiger partial charge in [0, 0.05) is 0 Å². The molecule has 0 atom stereocenters. The molecule has 0 spiro atoms. The van der Waals surface area contributed by atoms with Gasteiger partial charge < -0.3 is 19.3 Å². The fourth-order valence-electron chi connectivity index (χ4n) is 1.29. The van der Waals surface area contributed by atoms with E-state index in [4.69, 9.17) is 19.3 Å². The molecule has 5 nitrogen and oxygen atoms in total. The molecule has 2 N–H and O–H groups in total. The van der Waals surface area contributed by atoms with E-state index >= 15 is 0 Å². The van der Waals surface area contributed by atoms with Gasteiger partial charge in [0.1, 0.15) is 5.30 Å². The summed E-state index contributed by atoms with van der Waals surface area (Å²) in [6.07, 6.45) is 0. The van der Waals surface area contributed by atoms with Crippen molar-refractivity contribution >= 4 is 12.9 Å². The quantitative estimate of drug-likeness (QED) is 0.765. The van der Waals surface area contributed by atoms with Crippen LogP contribution in [0, 0.1) is 0 Å². The first-order valence-electron chi connectivity index (χ1n) is 4.95. The molecule has 6 heteroatoms. The van der Waals surface area contributed by atoms with Crippen LogP contribution in [0.25, 0.3) is 0 Å². The van der Waals surface area contributed by atoms with Crippen LogP contribution < -0.4 is 14.8 Å². The highest BCUT2D eigenvalue weighted by Crippen LogP contribution is 2.41. The van der Waals surface area contributed by atoms with Gasteiger partial charge in [-0.2, -0.15) is 0 Å². The summed E-state index contributed by atoms with van der Waals surface area (Å²) in [4.78, 5) is 18.3. The van der Waals surface area contributed by atoms with Crippen molar-refractivity contribution in [3.05, 3.63) is 18.2 Å². The van der Waals surface area contributed by atoms with E-state index in [9.17, 15) is 4.57 Å². The minimum absolute atomic E-state index is 0.125. The second kappa shape index (κ2) is 5.34. The molecule has 1 rings (SSSR count). The van der Waals surface area contributed by atoms with Crippen LogP contribution in [0.4, 0.5) is 0 Å². The average molecular weight is 246 g/mol. The van der Waals surface area contributed by atoms with Crippen LogP contribution in [0.2, 0.25) is 0 Å². The number of ether oxygens (including phenoxy) is 2. The predicted molar refractivity (Wildman–Crippen MR) is 60.5 cm³/mol. The van der Waals surface area contributed by atoms with Crippen LogP contribution in [0.15, 0.2) is 18.2 Å². The van der Waals surface area contributed by atoms with E-state index in [1.54, 1.807) is 19.9 Å². The molecule has 0 aliphatic heterocycles. The van der Waals surface area contributed by atoms with Crippen LogP contribution in [-0.4, -0.2) is 23.0 Å². The van der Waals surface area contributed by atoms with Crippen molar-refractivity contribution < 1.29 is 23.8 Å². The number of hydrogen-bond donors (Lipinski definition) is 2. The minimum atomic E-state index is -4.34. The van der Waals surface area contributed by atoms with Crippen molar-refractivity contribution in [2.75, 3.05) is 13.2 Å². The molecule has 0 aromatic heterocycles. The standard InChI is InChI=1S/C10H15O5P/c1-3-14-8-6-5-7-9(16(11,12)13)10(8)15-4-2/h5-7H,3-4H2,1-2H3,(H2,11,12,13). The molecule has 90 valence electrons. The van der Waals surface area contributed by atoms with Crippen molar-refractivity contribution in [2.24, 2.45) is 0 Å². The lowest BCUT2D eigenvalue weighted by atomic mass is 10.3. The SMILES string of the molecule is CCOc1cccc(P(=O)(O)O)c1OCC. The van der Waals surface area contributed by atoms with Crippen LogP contribution in [0.5, 0.6) is 11.5 Å². The molecule has 1 aromatic carbocycles. The first-order valence-corrected chi connectivity index (χ1v) is 6.56. The number of benzene rings is 1. The summed E-state index contributed by atoms with van der Waals surface area (Å²) in [5.74, 6) is 0.477. The highest BCUT2D eigenvalue weighted by atomic mass is 31.2. The Balaban J connectivity index is 3.26. The Bertz CT molecular complexity index is 398. The van der Waals surface area contributed by atoms with Gasteiger partial charge in [-0.1, -0.05) is 6.07 Å². The second-order valence-corrected chi connectivity index (χ2v) is 4.58. The summed E-state index contributed by atoms with van der Waals surface area (Å²) >= 11 is 0. The van der Waals surface area contributed by atoms with Crippen LogP contribution in [0.3, 0.4) is 0 Å². The second-order valence-electron chi connectivity index (χ2n) is 3.01. The molecule has 0 bridgehead atoms. The van der Waals surface area contributed by atoms with Gasteiger partial charge in [0.15, 0.2) is 11.5 Å². The summed E-state index contributed by atoms with van der Waals surface area (Å²) in [6.45, 7) is 4.26. The lowest BCUT2D eigenvalue weighted by Gasteiger charge is -2.15. The van der Waals surface area contributed by atoms with Crippen molar-refractivity contribution in [3.63, 3.8) is 0 Å². The summed E-state index contributed by atoms with van der Waals surface area (Å²) in [7, 11) is -4.34. The molecule has 0 aliphatic carbocycles. The van der Waals surface area contributed by atoms with Crippen molar-refractivity contribution in [1.29, 1.82) is 0 Å². The van der Waals surface area contributed by atoms with Gasteiger partial charge in [0.05, 0.1) is 13.2 Å². The predicted octanol–water partition coefficient (Wildman–Crippen LogP) is 1.29. The Morgan fingerprint density at radius 1 is 1.19 bits per heavy atom. The van der Waals surface area contributed by atoms with E-state index in [0.717, 1.165) is 0 Å². The number of hydrogen-bond acceptors (Lipinski definition) is 3. The van der Waals surface area contributed by atoms with E-state index < -0.39 is 7.60 Å². The topological polar surface area (TPSA) is 76.0 Å². The molecule has 0 heterocycles. The van der Waals surface area contributed by atoms with Crippen molar-refractivity contribution in [2.45, 2.75) is 13.8 Å². The highest BCUT2D eigenvalue weighted by Gasteiger charge is 2.25. The first-order chi connectivity index (χ1) is 7.50. The average Bonchev–Trinajstić information content (AvgIpc) is 2.19. The summed E-state index contributed by atoms with van der Waals surface area (Å²) in [5.41, 5.74) is 0. The highest BCUT2D eigenvalue weighted by molar-refractivity contribution is 7.60. The fourth-order valence-corrected chi connectivity index (χ4v) is 2.01. The Kier molecular flexibility index (Phi) is 4.35. The van der Waals surface area contributed by atoms with Gasteiger partial charge in [0.25, 0.3) is 0 Å². The Hall–Kier alpha value is -1.03. The summed E-state index contributed by atoms with van der Waals surface area (Å²) < 4.78 is 21.7. The molecule has 1 aromatic rings. The molecule has 0 saturated carbocycles. The molecule has 0 amide bonds. The van der Waals surface area contributed by atoms with Crippen LogP contribution in [0.1, 0.15) is 13.8 Å². The van der Waals surface area contributed by atoms with Crippen LogP contribution in [-0.2, 0) is 4.57 Å². The molecule has 0 unspecified atom stereocenters. The lowest BCUT2D eigenvalue weighted by Crippen LogP contribution is -2.11. The summed E-state index contributed by atoms with van der Waals surface area (Å²) in [6, 6.07) is 4.49. The molecular formula is C10H15O5P. The molecule has 0 radical (unpaired) electrons. The number of para-hydroxylation sites is 1. The Labute approximate surface area is 94.2 Å².